The summed E-state index contributed by atoms with van der Waals surface area (Å²) >= 11 is 12.5. The average Bonchev–Trinajstić information content (AvgIpc) is 3.38. The number of carboxylic acids is 1. The number of methoxy groups -OCH3 is 1. The summed E-state index contributed by atoms with van der Waals surface area (Å²) in [4.78, 5) is 46.8. The Labute approximate surface area is 323 Å². The molecule has 2 amide bonds. The van der Waals surface area contributed by atoms with Gasteiger partial charge in [0.2, 0.25) is 0 Å². The highest BCUT2D eigenvalue weighted by Gasteiger charge is 2.66. The number of piperazine rings is 1. The predicted octanol–water partition coefficient (Wildman–Crippen LogP) is 5.68. The molecule has 0 aliphatic carbocycles. The summed E-state index contributed by atoms with van der Waals surface area (Å²) in [6.45, 7) is 9.58. The molecule has 0 unspecified atom stereocenters. The van der Waals surface area contributed by atoms with Crippen molar-refractivity contribution in [1.82, 2.24) is 15.1 Å². The predicted molar refractivity (Wildman–Crippen MR) is 202 cm³/mol. The molecule has 3 aromatic rings. The first-order valence-corrected chi connectivity index (χ1v) is 18.2. The zero-order valence-electron chi connectivity index (χ0n) is 30.8. The van der Waals surface area contributed by atoms with Crippen LogP contribution in [0.5, 0.6) is 5.75 Å². The minimum absolute atomic E-state index is 0.000486. The lowest BCUT2D eigenvalue weighted by Gasteiger charge is -2.41. The topological polar surface area (TPSA) is 152 Å². The van der Waals surface area contributed by atoms with Crippen LogP contribution in [-0.4, -0.2) is 98.2 Å². The van der Waals surface area contributed by atoms with Crippen LogP contribution in [-0.2, 0) is 10.2 Å². The van der Waals surface area contributed by atoms with E-state index < -0.39 is 58.2 Å². The fraction of sp³-hybridized carbons (Fsp3) is 0.436. The average molecular weight is 786 g/mol. The number of ether oxygens (including phenoxy) is 1. The highest BCUT2D eigenvalue weighted by molar-refractivity contribution is 6.31. The van der Waals surface area contributed by atoms with Crippen molar-refractivity contribution in [2.75, 3.05) is 58.3 Å². The molecule has 2 heterocycles. The highest BCUT2D eigenvalue weighted by Crippen LogP contribution is 2.60. The zero-order valence-corrected chi connectivity index (χ0v) is 32.3. The molecule has 288 valence electrons. The van der Waals surface area contributed by atoms with E-state index in [0.717, 1.165) is 32.2 Å². The second kappa shape index (κ2) is 16.1. The van der Waals surface area contributed by atoms with Gasteiger partial charge in [-0.25, -0.2) is 13.6 Å². The Morgan fingerprint density at radius 3 is 2.31 bits per heavy atom. The molecule has 0 spiro atoms. The van der Waals surface area contributed by atoms with E-state index >= 15 is 8.78 Å². The van der Waals surface area contributed by atoms with Crippen LogP contribution in [0.2, 0.25) is 10.0 Å². The van der Waals surface area contributed by atoms with Crippen LogP contribution in [0.3, 0.4) is 0 Å². The molecular weight excluding hydrogens is 741 g/mol. The Balaban J connectivity index is 1.87. The summed E-state index contributed by atoms with van der Waals surface area (Å²) in [6.07, 6.45) is -0.000486. The summed E-state index contributed by atoms with van der Waals surface area (Å²) in [7, 11) is 3.25. The van der Waals surface area contributed by atoms with Crippen LogP contribution < -0.4 is 20.7 Å². The molecule has 0 aromatic heterocycles. The smallest absolute Gasteiger partial charge is 0.327 e. The van der Waals surface area contributed by atoms with Gasteiger partial charge < -0.3 is 30.7 Å². The number of aliphatic carboxylic acids is 1. The maximum Gasteiger partial charge on any atom is 0.327 e. The van der Waals surface area contributed by atoms with Gasteiger partial charge in [0.15, 0.2) is 0 Å². The van der Waals surface area contributed by atoms with Crippen LogP contribution in [0.25, 0.3) is 0 Å². The summed E-state index contributed by atoms with van der Waals surface area (Å²) in [5.41, 5.74) is 1.85. The first kappa shape index (κ1) is 40.7. The van der Waals surface area contributed by atoms with Crippen LogP contribution in [0.4, 0.5) is 14.5 Å². The van der Waals surface area contributed by atoms with E-state index in [0.29, 0.717) is 6.54 Å². The van der Waals surface area contributed by atoms with E-state index in [1.807, 2.05) is 27.8 Å². The summed E-state index contributed by atoms with van der Waals surface area (Å²) in [5, 5.41) is 25.5. The molecule has 2 aliphatic heterocycles. The second-order valence-corrected chi connectivity index (χ2v) is 15.8. The highest BCUT2D eigenvalue weighted by atomic mass is 35.5. The molecule has 54 heavy (non-hydrogen) atoms. The van der Waals surface area contributed by atoms with Crippen molar-refractivity contribution < 1.29 is 33.0 Å². The number of nitriles is 1. The van der Waals surface area contributed by atoms with Crippen molar-refractivity contribution in [3.05, 3.63) is 92.5 Å². The lowest BCUT2D eigenvalue weighted by Crippen LogP contribution is -2.49. The fourth-order valence-electron chi connectivity index (χ4n) is 7.92. The number of rotatable bonds is 11. The number of likely N-dealkylation sites (N-methyl/N-ethyl adjacent to an activating group) is 1. The number of halogens is 4. The summed E-state index contributed by atoms with van der Waals surface area (Å²) < 4.78 is 38.5. The molecule has 5 rings (SSSR count). The van der Waals surface area contributed by atoms with Gasteiger partial charge in [-0.1, -0.05) is 56.1 Å². The third-order valence-electron chi connectivity index (χ3n) is 10.3. The molecule has 2 aliphatic rings. The maximum absolute atomic E-state index is 16.5. The summed E-state index contributed by atoms with van der Waals surface area (Å²) in [6, 6.07) is 9.49. The lowest BCUT2D eigenvalue weighted by molar-refractivity contribution is -0.138. The maximum atomic E-state index is 16.5. The van der Waals surface area contributed by atoms with E-state index in [4.69, 9.17) is 33.7 Å². The quantitative estimate of drug-likeness (QED) is 0.223. The molecule has 2 fully saturated rings. The second-order valence-electron chi connectivity index (χ2n) is 15.0. The Morgan fingerprint density at radius 1 is 1.07 bits per heavy atom. The molecule has 0 saturated carbocycles. The van der Waals surface area contributed by atoms with Gasteiger partial charge in [0.1, 0.15) is 28.8 Å². The number of nitrogens with zero attached hydrogens (tertiary/aromatic N) is 4. The Kier molecular flexibility index (Phi) is 12.1. The number of benzene rings is 3. The number of amides is 2. The van der Waals surface area contributed by atoms with Crippen molar-refractivity contribution >= 4 is 46.7 Å². The number of hydrogen-bond donors (Lipinski definition) is 3. The standard InChI is InChI=1S/C39H44Cl2F2N6O5/c1-38(2,3)20-29-39(21-44,30(23-7-6-8-26(41)32(23)43)33(37(52)53)49(29)28-12-9-22(40)19-27(28)42)31-24(10-11-25(35(45)50)34(31)54-5)36(51)46-13-14-48-17-15-47(4)16-18-48/h6-12,19,29-30,33H,13-18,20H2,1-5H3,(H2,45,50)(H,46,51)(H,52,53)/t29-,30-,33+,39-/m0/s1. The van der Waals surface area contributed by atoms with Gasteiger partial charge in [-0.05, 0) is 60.8 Å². The molecule has 3 aromatic carbocycles. The van der Waals surface area contributed by atoms with Crippen molar-refractivity contribution in [2.45, 2.75) is 50.6 Å². The molecular formula is C39H44Cl2F2N6O5. The first-order valence-electron chi connectivity index (χ1n) is 17.5. The number of carbonyl (C=O) groups is 3. The van der Waals surface area contributed by atoms with Crippen LogP contribution in [0.1, 0.15) is 65.0 Å². The van der Waals surface area contributed by atoms with Gasteiger partial charge in [-0.2, -0.15) is 5.26 Å². The summed E-state index contributed by atoms with van der Waals surface area (Å²) in [5.74, 6) is -7.01. The molecule has 2 saturated heterocycles. The van der Waals surface area contributed by atoms with Crippen LogP contribution in [0, 0.1) is 28.4 Å². The SMILES string of the molecule is COc1c(C(N)=O)ccc(C(=O)NCCN2CCN(C)CC2)c1[C@@]1(C#N)[C@H](CC(C)(C)C)N(c2ccc(Cl)cc2F)[C@@H](C(=O)O)[C@@H]1c1cccc(Cl)c1F. The molecule has 4 N–H and O–H groups in total. The minimum atomic E-state index is -2.26. The number of nitrogens with two attached hydrogens (primary N) is 1. The van der Waals surface area contributed by atoms with Crippen LogP contribution >= 0.6 is 23.2 Å². The van der Waals surface area contributed by atoms with Crippen molar-refractivity contribution in [1.29, 1.82) is 5.26 Å². The third-order valence-corrected chi connectivity index (χ3v) is 10.8. The number of carbonyl (C=O) groups excluding carboxylic acids is 2. The van der Waals surface area contributed by atoms with E-state index in [2.05, 4.69) is 21.2 Å². The number of primary amides is 1. The molecule has 4 atom stereocenters. The Morgan fingerprint density at radius 2 is 1.74 bits per heavy atom. The lowest BCUT2D eigenvalue weighted by atomic mass is 9.61. The number of nitrogens with one attached hydrogen (secondary N) is 1. The molecule has 0 bridgehead atoms. The van der Waals surface area contributed by atoms with Gasteiger partial charge in [-0.3, -0.25) is 14.5 Å². The number of carboxylic acid groups (broad SMARTS) is 1. The van der Waals surface area contributed by atoms with Gasteiger partial charge in [0.25, 0.3) is 11.8 Å². The van der Waals surface area contributed by atoms with Gasteiger partial charge >= 0.3 is 5.97 Å². The first-order chi connectivity index (χ1) is 25.5. The van der Waals surface area contributed by atoms with Crippen molar-refractivity contribution in [2.24, 2.45) is 11.1 Å². The monoisotopic (exact) mass is 784 g/mol. The number of anilines is 1. The Bertz CT molecular complexity index is 1980. The van der Waals surface area contributed by atoms with Crippen LogP contribution in [0.15, 0.2) is 48.5 Å². The normalized spacial score (nSPS) is 22.1. The molecule has 11 nitrogen and oxygen atoms in total. The molecule has 0 radical (unpaired) electrons. The Hall–Kier alpha value is -4.48. The van der Waals surface area contributed by atoms with Gasteiger partial charge in [0.05, 0.1) is 35.5 Å². The van der Waals surface area contributed by atoms with E-state index in [9.17, 15) is 24.8 Å². The van der Waals surface area contributed by atoms with E-state index in [1.54, 1.807) is 0 Å². The minimum Gasteiger partial charge on any atom is -0.496 e. The zero-order chi connectivity index (χ0) is 39.7. The van der Waals surface area contributed by atoms with Gasteiger partial charge in [0, 0.05) is 61.3 Å². The van der Waals surface area contributed by atoms with Crippen molar-refractivity contribution in [3.8, 4) is 11.8 Å². The van der Waals surface area contributed by atoms with Crippen molar-refractivity contribution in [3.63, 3.8) is 0 Å². The molecule has 15 heteroatoms. The largest absolute Gasteiger partial charge is 0.496 e. The fourth-order valence-corrected chi connectivity index (χ4v) is 8.26. The third kappa shape index (κ3) is 7.71. The van der Waals surface area contributed by atoms with Gasteiger partial charge in [-0.15, -0.1) is 0 Å². The van der Waals surface area contributed by atoms with E-state index in [1.165, 1.54) is 54.5 Å². The number of hydrogen-bond acceptors (Lipinski definition) is 8. The van der Waals surface area contributed by atoms with E-state index in [-0.39, 0.29) is 56.7 Å².